The molecule has 0 saturated heterocycles. The summed E-state index contributed by atoms with van der Waals surface area (Å²) in [5, 5.41) is 5.10. The molecule has 5 nitrogen and oxygen atoms in total. The Morgan fingerprint density at radius 2 is 1.70 bits per heavy atom. The van der Waals surface area contributed by atoms with Crippen LogP contribution in [-0.4, -0.2) is 25.6 Å². The molecule has 2 aromatic carbocycles. The number of rotatable bonds is 4. The van der Waals surface area contributed by atoms with Gasteiger partial charge in [-0.25, -0.2) is 13.4 Å². The summed E-state index contributed by atoms with van der Waals surface area (Å²) in [5.74, 6) is -0.388. The zero-order chi connectivity index (χ0) is 19.8. The monoisotopic (exact) mass is 400 g/mol. The standard InChI is InChI=1S/C20H20N2O3S2/c1-12-5-7-15(9-14(12)3)17-11-26-20(21-17)22-19(23)16-8-6-13(2)18(10-16)27(4,24)25/h5-11H,1-4H3,(H,21,22,23). The highest BCUT2D eigenvalue weighted by molar-refractivity contribution is 7.90. The summed E-state index contributed by atoms with van der Waals surface area (Å²) >= 11 is 1.33. The van der Waals surface area contributed by atoms with Crippen molar-refractivity contribution in [1.29, 1.82) is 0 Å². The SMILES string of the molecule is Cc1ccc(-c2csc(NC(=O)c3ccc(C)c(S(C)(=O)=O)c3)n2)cc1C. The van der Waals surface area contributed by atoms with Crippen LogP contribution in [0.3, 0.4) is 0 Å². The summed E-state index contributed by atoms with van der Waals surface area (Å²) in [5.41, 5.74) is 5.07. The van der Waals surface area contributed by atoms with Crippen LogP contribution in [0.25, 0.3) is 11.3 Å². The van der Waals surface area contributed by atoms with Crippen LogP contribution in [0.2, 0.25) is 0 Å². The first kappa shape index (κ1) is 19.3. The van der Waals surface area contributed by atoms with E-state index >= 15 is 0 Å². The number of nitrogens with zero attached hydrogens (tertiary/aromatic N) is 1. The summed E-state index contributed by atoms with van der Waals surface area (Å²) in [6.07, 6.45) is 1.13. The molecule has 1 N–H and O–H groups in total. The quantitative estimate of drug-likeness (QED) is 0.705. The van der Waals surface area contributed by atoms with E-state index in [1.54, 1.807) is 19.1 Å². The van der Waals surface area contributed by atoms with Crippen LogP contribution < -0.4 is 5.32 Å². The highest BCUT2D eigenvalue weighted by Crippen LogP contribution is 2.27. The lowest BCUT2D eigenvalue weighted by atomic mass is 10.1. The number of benzene rings is 2. The number of aromatic nitrogens is 1. The summed E-state index contributed by atoms with van der Waals surface area (Å²) < 4.78 is 23.7. The Labute approximate surface area is 163 Å². The summed E-state index contributed by atoms with van der Waals surface area (Å²) in [6.45, 7) is 5.80. The van der Waals surface area contributed by atoms with Crippen LogP contribution in [0.5, 0.6) is 0 Å². The number of sulfone groups is 1. The fourth-order valence-electron chi connectivity index (χ4n) is 2.67. The highest BCUT2D eigenvalue weighted by atomic mass is 32.2. The molecule has 0 aliphatic heterocycles. The van der Waals surface area contributed by atoms with E-state index in [2.05, 4.69) is 23.3 Å². The third kappa shape index (κ3) is 4.26. The third-order valence-corrected chi connectivity index (χ3v) is 6.37. The number of nitrogens with one attached hydrogen (secondary N) is 1. The number of amides is 1. The molecule has 1 amide bonds. The Morgan fingerprint density at radius 3 is 2.37 bits per heavy atom. The molecule has 0 spiro atoms. The fourth-order valence-corrected chi connectivity index (χ4v) is 4.38. The summed E-state index contributed by atoms with van der Waals surface area (Å²) in [6, 6.07) is 10.7. The van der Waals surface area contributed by atoms with Crippen molar-refractivity contribution in [1.82, 2.24) is 4.98 Å². The molecule has 0 atom stereocenters. The number of hydrogen-bond donors (Lipinski definition) is 1. The lowest BCUT2D eigenvalue weighted by Crippen LogP contribution is -2.13. The molecule has 1 aromatic heterocycles. The third-order valence-electron chi connectivity index (χ3n) is 4.38. The van der Waals surface area contributed by atoms with Crippen LogP contribution >= 0.6 is 11.3 Å². The Balaban J connectivity index is 1.83. The van der Waals surface area contributed by atoms with E-state index < -0.39 is 9.84 Å². The zero-order valence-electron chi connectivity index (χ0n) is 15.5. The topological polar surface area (TPSA) is 76.1 Å². The largest absolute Gasteiger partial charge is 0.298 e. The maximum atomic E-state index is 12.5. The Kier molecular flexibility index (Phi) is 5.17. The number of anilines is 1. The van der Waals surface area contributed by atoms with Crippen molar-refractivity contribution >= 4 is 32.2 Å². The maximum Gasteiger partial charge on any atom is 0.257 e. The Bertz CT molecular complexity index is 1130. The van der Waals surface area contributed by atoms with E-state index in [-0.39, 0.29) is 16.4 Å². The first-order valence-corrected chi connectivity index (χ1v) is 11.1. The first-order chi connectivity index (χ1) is 12.6. The van der Waals surface area contributed by atoms with Crippen molar-refractivity contribution in [2.75, 3.05) is 11.6 Å². The minimum absolute atomic E-state index is 0.158. The smallest absolute Gasteiger partial charge is 0.257 e. The summed E-state index contributed by atoms with van der Waals surface area (Å²) in [7, 11) is -3.39. The minimum Gasteiger partial charge on any atom is -0.298 e. The van der Waals surface area contributed by atoms with Crippen molar-refractivity contribution in [2.24, 2.45) is 0 Å². The summed E-state index contributed by atoms with van der Waals surface area (Å²) in [4.78, 5) is 17.1. The van der Waals surface area contributed by atoms with Gasteiger partial charge in [-0.2, -0.15) is 0 Å². The van der Waals surface area contributed by atoms with E-state index in [0.29, 0.717) is 10.7 Å². The van der Waals surface area contributed by atoms with Crippen molar-refractivity contribution in [3.63, 3.8) is 0 Å². The molecule has 1 heterocycles. The second-order valence-electron chi connectivity index (χ2n) is 6.54. The van der Waals surface area contributed by atoms with Gasteiger partial charge in [0.2, 0.25) is 0 Å². The maximum absolute atomic E-state index is 12.5. The molecule has 27 heavy (non-hydrogen) atoms. The molecule has 0 aliphatic carbocycles. The first-order valence-electron chi connectivity index (χ1n) is 8.30. The fraction of sp³-hybridized carbons (Fsp3) is 0.200. The van der Waals surface area contributed by atoms with E-state index in [1.165, 1.54) is 28.5 Å². The van der Waals surface area contributed by atoms with Gasteiger partial charge in [0.05, 0.1) is 10.6 Å². The van der Waals surface area contributed by atoms with E-state index in [4.69, 9.17) is 0 Å². The number of carbonyl (C=O) groups excluding carboxylic acids is 1. The van der Waals surface area contributed by atoms with Crippen LogP contribution in [0.4, 0.5) is 5.13 Å². The Hall–Kier alpha value is -2.51. The molecule has 0 fully saturated rings. The van der Waals surface area contributed by atoms with Crippen molar-refractivity contribution < 1.29 is 13.2 Å². The number of hydrogen-bond acceptors (Lipinski definition) is 5. The van der Waals surface area contributed by atoms with E-state index in [9.17, 15) is 13.2 Å². The minimum atomic E-state index is -3.39. The van der Waals surface area contributed by atoms with E-state index in [1.807, 2.05) is 24.4 Å². The van der Waals surface area contributed by atoms with Crippen LogP contribution in [0.15, 0.2) is 46.7 Å². The lowest BCUT2D eigenvalue weighted by Gasteiger charge is -2.07. The van der Waals surface area contributed by atoms with Gasteiger partial charge in [0, 0.05) is 22.8 Å². The molecule has 0 radical (unpaired) electrons. The molecule has 140 valence electrons. The van der Waals surface area contributed by atoms with Crippen molar-refractivity contribution in [2.45, 2.75) is 25.7 Å². The molecule has 7 heteroatoms. The molecular weight excluding hydrogens is 380 g/mol. The van der Waals surface area contributed by atoms with Gasteiger partial charge >= 0.3 is 0 Å². The van der Waals surface area contributed by atoms with E-state index in [0.717, 1.165) is 17.5 Å². The van der Waals surface area contributed by atoms with Crippen LogP contribution in [0.1, 0.15) is 27.0 Å². The second kappa shape index (κ2) is 7.25. The lowest BCUT2D eigenvalue weighted by molar-refractivity contribution is 0.102. The predicted molar refractivity (Wildman–Crippen MR) is 109 cm³/mol. The van der Waals surface area contributed by atoms with Gasteiger partial charge in [0.15, 0.2) is 15.0 Å². The van der Waals surface area contributed by atoms with Gasteiger partial charge in [-0.1, -0.05) is 18.2 Å². The molecule has 3 rings (SSSR count). The molecular formula is C20H20N2O3S2. The van der Waals surface area contributed by atoms with Gasteiger partial charge in [-0.15, -0.1) is 11.3 Å². The number of aryl methyl sites for hydroxylation is 3. The number of thiazole rings is 1. The Morgan fingerprint density at radius 1 is 1.00 bits per heavy atom. The van der Waals surface area contributed by atoms with Gasteiger partial charge in [-0.3, -0.25) is 10.1 Å². The normalized spacial score (nSPS) is 11.4. The van der Waals surface area contributed by atoms with Crippen LogP contribution in [0, 0.1) is 20.8 Å². The van der Waals surface area contributed by atoms with Crippen LogP contribution in [-0.2, 0) is 9.84 Å². The zero-order valence-corrected chi connectivity index (χ0v) is 17.2. The molecule has 3 aromatic rings. The number of carbonyl (C=O) groups is 1. The molecule has 0 aliphatic rings. The molecule has 0 saturated carbocycles. The van der Waals surface area contributed by atoms with Gasteiger partial charge in [0.25, 0.3) is 5.91 Å². The molecule has 0 unspecified atom stereocenters. The highest BCUT2D eigenvalue weighted by Gasteiger charge is 2.16. The van der Waals surface area contributed by atoms with Crippen molar-refractivity contribution in [3.8, 4) is 11.3 Å². The predicted octanol–water partition coefficient (Wildman–Crippen LogP) is 4.39. The average Bonchev–Trinajstić information content (AvgIpc) is 3.05. The van der Waals surface area contributed by atoms with Crippen molar-refractivity contribution in [3.05, 3.63) is 64.0 Å². The van der Waals surface area contributed by atoms with Gasteiger partial charge in [0.1, 0.15) is 0 Å². The van der Waals surface area contributed by atoms with Gasteiger partial charge in [-0.05, 0) is 55.7 Å². The molecule has 0 bridgehead atoms. The average molecular weight is 401 g/mol. The second-order valence-corrected chi connectivity index (χ2v) is 9.39. The van der Waals surface area contributed by atoms with Gasteiger partial charge < -0.3 is 0 Å².